The predicted octanol–water partition coefficient (Wildman–Crippen LogP) is 4.80. The molecule has 0 radical (unpaired) electrons. The van der Waals surface area contributed by atoms with E-state index in [1.165, 1.54) is 36.0 Å². The molecular formula is C23H40N2O. The van der Waals surface area contributed by atoms with Gasteiger partial charge in [-0.05, 0) is 70.5 Å². The van der Waals surface area contributed by atoms with Gasteiger partial charge in [-0.3, -0.25) is 0 Å². The van der Waals surface area contributed by atoms with Crippen LogP contribution in [-0.2, 0) is 0 Å². The van der Waals surface area contributed by atoms with Crippen molar-refractivity contribution in [2.45, 2.75) is 60.3 Å². The Labute approximate surface area is 161 Å². The van der Waals surface area contributed by atoms with Gasteiger partial charge in [0.05, 0.1) is 6.61 Å². The SMILES string of the molecule is CC1=C(/C=C/C(C)=C/C=C/C(C)=C/CO)C(C)(C)CCC1.NCCCN. The third-order valence-electron chi connectivity index (χ3n) is 4.60. The van der Waals surface area contributed by atoms with Crippen molar-refractivity contribution in [1.82, 2.24) is 0 Å². The molecule has 0 aliphatic heterocycles. The summed E-state index contributed by atoms with van der Waals surface area (Å²) in [4.78, 5) is 0. The van der Waals surface area contributed by atoms with Crippen LogP contribution in [-0.4, -0.2) is 24.8 Å². The summed E-state index contributed by atoms with van der Waals surface area (Å²) in [5.74, 6) is 0. The van der Waals surface area contributed by atoms with Gasteiger partial charge in [-0.2, -0.15) is 0 Å². The van der Waals surface area contributed by atoms with Gasteiger partial charge in [0.15, 0.2) is 0 Å². The van der Waals surface area contributed by atoms with Crippen LogP contribution >= 0.6 is 0 Å². The zero-order valence-corrected chi connectivity index (χ0v) is 17.5. The smallest absolute Gasteiger partial charge is 0.0617 e. The van der Waals surface area contributed by atoms with E-state index in [-0.39, 0.29) is 6.61 Å². The molecule has 0 saturated carbocycles. The number of allylic oxidation sites excluding steroid dienone is 9. The first-order valence-corrected chi connectivity index (χ1v) is 9.69. The second-order valence-electron chi connectivity index (χ2n) is 7.60. The minimum atomic E-state index is 0.0985. The highest BCUT2D eigenvalue weighted by Gasteiger charge is 2.26. The van der Waals surface area contributed by atoms with E-state index in [1.807, 2.05) is 19.1 Å². The van der Waals surface area contributed by atoms with Crippen LogP contribution < -0.4 is 11.5 Å². The quantitative estimate of drug-likeness (QED) is 0.571. The maximum Gasteiger partial charge on any atom is 0.0617 e. The second kappa shape index (κ2) is 13.7. The highest BCUT2D eigenvalue weighted by Crippen LogP contribution is 2.40. The van der Waals surface area contributed by atoms with Crippen LogP contribution in [0.5, 0.6) is 0 Å². The molecule has 0 spiro atoms. The Hall–Kier alpha value is -1.42. The molecule has 0 bridgehead atoms. The fraction of sp³-hybridized carbons (Fsp3) is 0.565. The minimum Gasteiger partial charge on any atom is -0.392 e. The molecule has 1 rings (SSSR count). The second-order valence-corrected chi connectivity index (χ2v) is 7.60. The molecule has 0 saturated heterocycles. The van der Waals surface area contributed by atoms with Crippen LogP contribution in [0.15, 0.2) is 58.7 Å². The first kappa shape index (κ1) is 24.6. The van der Waals surface area contributed by atoms with Crippen molar-refractivity contribution in [1.29, 1.82) is 0 Å². The lowest BCUT2D eigenvalue weighted by atomic mass is 9.72. The number of aliphatic hydroxyl groups excluding tert-OH is 1. The average Bonchev–Trinajstić information content (AvgIpc) is 2.55. The summed E-state index contributed by atoms with van der Waals surface area (Å²) in [7, 11) is 0. The van der Waals surface area contributed by atoms with Crippen LogP contribution in [0.4, 0.5) is 0 Å². The van der Waals surface area contributed by atoms with Gasteiger partial charge in [0.2, 0.25) is 0 Å². The van der Waals surface area contributed by atoms with Crippen molar-refractivity contribution >= 4 is 0 Å². The Balaban J connectivity index is 0.00000110. The molecule has 0 unspecified atom stereocenters. The zero-order valence-electron chi connectivity index (χ0n) is 17.5. The third kappa shape index (κ3) is 10.5. The van der Waals surface area contributed by atoms with Crippen LogP contribution in [0.25, 0.3) is 0 Å². The van der Waals surface area contributed by atoms with Crippen LogP contribution in [0.1, 0.15) is 60.3 Å². The summed E-state index contributed by atoms with van der Waals surface area (Å²) in [6.45, 7) is 12.6. The van der Waals surface area contributed by atoms with Gasteiger partial charge in [0.1, 0.15) is 0 Å². The molecule has 5 N–H and O–H groups in total. The summed E-state index contributed by atoms with van der Waals surface area (Å²) >= 11 is 0. The van der Waals surface area contributed by atoms with Gasteiger partial charge in [0.25, 0.3) is 0 Å². The summed E-state index contributed by atoms with van der Waals surface area (Å²) < 4.78 is 0. The predicted molar refractivity (Wildman–Crippen MR) is 116 cm³/mol. The molecule has 0 aromatic carbocycles. The maximum absolute atomic E-state index is 8.81. The number of aliphatic hydroxyl groups is 1. The fourth-order valence-corrected chi connectivity index (χ4v) is 2.96. The third-order valence-corrected chi connectivity index (χ3v) is 4.60. The lowest BCUT2D eigenvalue weighted by Crippen LogP contribution is -2.19. The summed E-state index contributed by atoms with van der Waals surface area (Å²) in [6.07, 6.45) is 17.2. The molecular weight excluding hydrogens is 320 g/mol. The molecule has 3 heteroatoms. The molecule has 1 aliphatic carbocycles. The highest BCUT2D eigenvalue weighted by molar-refractivity contribution is 5.37. The van der Waals surface area contributed by atoms with Gasteiger partial charge in [-0.1, -0.05) is 67.0 Å². The molecule has 26 heavy (non-hydrogen) atoms. The van der Waals surface area contributed by atoms with Gasteiger partial charge in [-0.25, -0.2) is 0 Å². The number of rotatable bonds is 7. The topological polar surface area (TPSA) is 72.3 Å². The first-order chi connectivity index (χ1) is 12.3. The van der Waals surface area contributed by atoms with E-state index >= 15 is 0 Å². The summed E-state index contributed by atoms with van der Waals surface area (Å²) in [5, 5.41) is 8.81. The molecule has 1 aliphatic rings. The molecule has 0 atom stereocenters. The Morgan fingerprint density at radius 3 is 2.27 bits per heavy atom. The van der Waals surface area contributed by atoms with Crippen molar-refractivity contribution in [3.05, 3.63) is 58.7 Å². The lowest BCUT2D eigenvalue weighted by Gasteiger charge is -2.32. The lowest BCUT2D eigenvalue weighted by molar-refractivity contribution is 0.342. The van der Waals surface area contributed by atoms with Gasteiger partial charge < -0.3 is 16.6 Å². The molecule has 0 aromatic heterocycles. The molecule has 3 nitrogen and oxygen atoms in total. The van der Waals surface area contributed by atoms with Crippen LogP contribution in [0, 0.1) is 5.41 Å². The first-order valence-electron chi connectivity index (χ1n) is 9.69. The van der Waals surface area contributed by atoms with Crippen molar-refractivity contribution in [3.63, 3.8) is 0 Å². The van der Waals surface area contributed by atoms with E-state index < -0.39 is 0 Å². The van der Waals surface area contributed by atoms with Crippen molar-refractivity contribution < 1.29 is 5.11 Å². The van der Waals surface area contributed by atoms with E-state index in [1.54, 1.807) is 6.08 Å². The number of hydrogen-bond acceptors (Lipinski definition) is 3. The molecule has 0 aromatic rings. The summed E-state index contributed by atoms with van der Waals surface area (Å²) in [5.41, 5.74) is 15.8. The fourth-order valence-electron chi connectivity index (χ4n) is 2.96. The Bertz CT molecular complexity index is 547. The van der Waals surface area contributed by atoms with Gasteiger partial charge in [-0.15, -0.1) is 0 Å². The largest absolute Gasteiger partial charge is 0.392 e. The van der Waals surface area contributed by atoms with E-state index in [0.717, 1.165) is 25.1 Å². The molecule has 0 fully saturated rings. The standard InChI is InChI=1S/C20H30O.C3H10N2/c1-16(8-6-9-17(2)13-15-21)11-12-19-18(3)10-7-14-20(19,4)5;4-2-1-3-5/h6,8-9,11-13,21H,7,10,14-15H2,1-5H3;1-5H2/b9-6+,12-11+,16-8+,17-13+;. The van der Waals surface area contributed by atoms with E-state index in [0.29, 0.717) is 5.41 Å². The minimum absolute atomic E-state index is 0.0985. The number of hydrogen-bond donors (Lipinski definition) is 3. The zero-order chi connectivity index (χ0) is 20.0. The molecule has 0 amide bonds. The Kier molecular flexibility index (Phi) is 13.0. The van der Waals surface area contributed by atoms with Crippen LogP contribution in [0.3, 0.4) is 0 Å². The van der Waals surface area contributed by atoms with E-state index in [4.69, 9.17) is 16.6 Å². The average molecular weight is 361 g/mol. The van der Waals surface area contributed by atoms with Crippen LogP contribution in [0.2, 0.25) is 0 Å². The normalized spacial score (nSPS) is 18.5. The van der Waals surface area contributed by atoms with Crippen molar-refractivity contribution in [2.75, 3.05) is 19.7 Å². The van der Waals surface area contributed by atoms with Crippen molar-refractivity contribution in [3.8, 4) is 0 Å². The molecule has 0 heterocycles. The monoisotopic (exact) mass is 360 g/mol. The van der Waals surface area contributed by atoms with E-state index in [2.05, 4.69) is 45.9 Å². The van der Waals surface area contributed by atoms with Crippen molar-refractivity contribution in [2.24, 2.45) is 16.9 Å². The Morgan fingerprint density at radius 1 is 1.12 bits per heavy atom. The summed E-state index contributed by atoms with van der Waals surface area (Å²) in [6, 6.07) is 0. The molecule has 148 valence electrons. The number of nitrogens with two attached hydrogens (primary N) is 2. The van der Waals surface area contributed by atoms with Gasteiger partial charge in [0, 0.05) is 0 Å². The highest BCUT2D eigenvalue weighted by atomic mass is 16.2. The van der Waals surface area contributed by atoms with Gasteiger partial charge >= 0.3 is 0 Å². The maximum atomic E-state index is 8.81. The Morgan fingerprint density at radius 2 is 1.77 bits per heavy atom. The van der Waals surface area contributed by atoms with E-state index in [9.17, 15) is 0 Å².